The van der Waals surface area contributed by atoms with Gasteiger partial charge in [-0.25, -0.2) is 0 Å². The summed E-state index contributed by atoms with van der Waals surface area (Å²) in [6.45, 7) is 2.82. The molecule has 0 amide bonds. The number of hydrogen-bond acceptors (Lipinski definition) is 2. The van der Waals surface area contributed by atoms with Gasteiger partial charge in [-0.3, -0.25) is 0 Å². The second-order valence-electron chi connectivity index (χ2n) is 1.99. The van der Waals surface area contributed by atoms with E-state index < -0.39 is 8.69 Å². The maximum Gasteiger partial charge on any atom is 1.00 e. The Morgan fingerprint density at radius 2 is 2.10 bits per heavy atom. The SMILES string of the molecule is CCCCCCO[PH+]=O.[H-].[Na+]. The Bertz CT molecular complexity index is 75.6. The Hall–Kier alpha value is 1.06. The van der Waals surface area contributed by atoms with E-state index in [1.54, 1.807) is 0 Å². The van der Waals surface area contributed by atoms with Crippen LogP contribution in [0.2, 0.25) is 0 Å². The van der Waals surface area contributed by atoms with Crippen molar-refractivity contribution in [1.82, 2.24) is 0 Å². The molecule has 0 saturated heterocycles. The molecule has 0 aliphatic heterocycles. The molecule has 0 saturated carbocycles. The van der Waals surface area contributed by atoms with Crippen LogP contribution < -0.4 is 29.6 Å². The molecule has 0 aromatic heterocycles. The summed E-state index contributed by atoms with van der Waals surface area (Å²) >= 11 is 0. The molecular formula is C6H15NaO2P+. The van der Waals surface area contributed by atoms with E-state index in [1.807, 2.05) is 0 Å². The topological polar surface area (TPSA) is 26.3 Å². The van der Waals surface area contributed by atoms with Crippen LogP contribution in [0.25, 0.3) is 0 Å². The molecule has 0 N–H and O–H groups in total. The van der Waals surface area contributed by atoms with Gasteiger partial charge in [0.1, 0.15) is 6.61 Å². The summed E-state index contributed by atoms with van der Waals surface area (Å²) in [6, 6.07) is 0. The summed E-state index contributed by atoms with van der Waals surface area (Å²) in [6.07, 6.45) is 4.73. The van der Waals surface area contributed by atoms with Crippen molar-refractivity contribution in [3.63, 3.8) is 0 Å². The zero-order chi connectivity index (χ0) is 6.95. The van der Waals surface area contributed by atoms with Gasteiger partial charge >= 0.3 is 38.2 Å². The van der Waals surface area contributed by atoms with Crippen LogP contribution in [0.15, 0.2) is 0 Å². The Labute approximate surface area is 87.8 Å². The van der Waals surface area contributed by atoms with Crippen molar-refractivity contribution >= 4 is 8.69 Å². The molecule has 2 nitrogen and oxygen atoms in total. The van der Waals surface area contributed by atoms with Crippen molar-refractivity contribution in [3.05, 3.63) is 0 Å². The fourth-order valence-electron chi connectivity index (χ4n) is 0.643. The average molecular weight is 173 g/mol. The molecule has 0 aromatic carbocycles. The molecule has 0 aromatic rings. The predicted molar refractivity (Wildman–Crippen MR) is 40.2 cm³/mol. The molecule has 1 atom stereocenters. The van der Waals surface area contributed by atoms with Gasteiger partial charge in [-0.05, 0) is 11.0 Å². The first-order valence-corrected chi connectivity index (χ1v) is 4.22. The molecule has 56 valence electrons. The van der Waals surface area contributed by atoms with Gasteiger partial charge in [0, 0.05) is 0 Å². The quantitative estimate of drug-likeness (QED) is 0.311. The van der Waals surface area contributed by atoms with Crippen LogP contribution in [0.4, 0.5) is 0 Å². The van der Waals surface area contributed by atoms with E-state index in [0.29, 0.717) is 6.61 Å². The van der Waals surface area contributed by atoms with Gasteiger partial charge in [0.05, 0.1) is 0 Å². The van der Waals surface area contributed by atoms with Crippen molar-refractivity contribution in [2.75, 3.05) is 6.61 Å². The van der Waals surface area contributed by atoms with Gasteiger partial charge in [-0.2, -0.15) is 0 Å². The maximum absolute atomic E-state index is 9.77. The number of hydrogen-bond donors (Lipinski definition) is 0. The fraction of sp³-hybridized carbons (Fsp3) is 1.00. The van der Waals surface area contributed by atoms with Crippen LogP contribution in [0, 0.1) is 0 Å². The molecule has 0 aliphatic carbocycles. The number of rotatable bonds is 6. The molecule has 0 fully saturated rings. The van der Waals surface area contributed by atoms with E-state index in [2.05, 4.69) is 11.4 Å². The van der Waals surface area contributed by atoms with Crippen molar-refractivity contribution in [3.8, 4) is 0 Å². The second kappa shape index (κ2) is 12.7. The first-order valence-electron chi connectivity index (χ1n) is 3.40. The summed E-state index contributed by atoms with van der Waals surface area (Å²) in [5.74, 6) is 0. The molecule has 0 aliphatic rings. The predicted octanol–water partition coefficient (Wildman–Crippen LogP) is -0.361. The van der Waals surface area contributed by atoms with Crippen LogP contribution in [-0.2, 0) is 9.09 Å². The van der Waals surface area contributed by atoms with E-state index in [1.165, 1.54) is 19.3 Å². The largest absolute Gasteiger partial charge is 1.00 e. The van der Waals surface area contributed by atoms with Crippen molar-refractivity contribution in [2.24, 2.45) is 0 Å². The smallest absolute Gasteiger partial charge is 1.00 e. The van der Waals surface area contributed by atoms with Crippen LogP contribution in [-0.4, -0.2) is 6.61 Å². The minimum Gasteiger partial charge on any atom is -1.00 e. The van der Waals surface area contributed by atoms with Gasteiger partial charge < -0.3 is 1.43 Å². The Kier molecular flexibility index (Phi) is 17.3. The Balaban J connectivity index is -0.000000320. The van der Waals surface area contributed by atoms with E-state index in [4.69, 9.17) is 0 Å². The summed E-state index contributed by atoms with van der Waals surface area (Å²) in [5.41, 5.74) is 0. The molecule has 0 spiro atoms. The Morgan fingerprint density at radius 3 is 2.60 bits per heavy atom. The van der Waals surface area contributed by atoms with E-state index in [0.717, 1.165) is 6.42 Å². The maximum atomic E-state index is 9.77. The van der Waals surface area contributed by atoms with Crippen LogP contribution >= 0.6 is 8.69 Å². The molecule has 0 radical (unpaired) electrons. The summed E-state index contributed by atoms with van der Waals surface area (Å²) in [4.78, 5) is 0. The molecular weight excluding hydrogens is 158 g/mol. The molecule has 10 heavy (non-hydrogen) atoms. The molecule has 1 unspecified atom stereocenters. The zero-order valence-corrected chi connectivity index (χ0v) is 9.85. The minimum absolute atomic E-state index is 0. The summed E-state index contributed by atoms with van der Waals surface area (Å²) < 4.78 is 14.4. The third kappa shape index (κ3) is 11.8. The molecule has 0 bridgehead atoms. The Morgan fingerprint density at radius 1 is 1.40 bits per heavy atom. The average Bonchev–Trinajstić information content (AvgIpc) is 1.89. The van der Waals surface area contributed by atoms with Crippen LogP contribution in [0.3, 0.4) is 0 Å². The zero-order valence-electron chi connectivity index (χ0n) is 7.85. The van der Waals surface area contributed by atoms with Gasteiger partial charge in [-0.15, -0.1) is 4.52 Å². The number of unbranched alkanes of at least 4 members (excludes halogenated alkanes) is 3. The fourth-order valence-corrected chi connectivity index (χ4v) is 0.870. The summed E-state index contributed by atoms with van der Waals surface area (Å²) in [5, 5.41) is 0. The van der Waals surface area contributed by atoms with E-state index in [-0.39, 0.29) is 31.0 Å². The molecule has 4 heteroatoms. The second-order valence-corrected chi connectivity index (χ2v) is 2.45. The van der Waals surface area contributed by atoms with Crippen molar-refractivity contribution in [1.29, 1.82) is 0 Å². The van der Waals surface area contributed by atoms with Crippen molar-refractivity contribution in [2.45, 2.75) is 32.6 Å². The standard InChI is InChI=1S/C6H14O2P.Na.H/c1-2-3-4-5-6-8-9-7;;/h9H,2-6H2,1H3;;/q2*+1;-1. The third-order valence-electron chi connectivity index (χ3n) is 1.16. The van der Waals surface area contributed by atoms with Crippen LogP contribution in [0.1, 0.15) is 34.0 Å². The van der Waals surface area contributed by atoms with Crippen LogP contribution in [0.5, 0.6) is 0 Å². The van der Waals surface area contributed by atoms with E-state index in [9.17, 15) is 4.57 Å². The van der Waals surface area contributed by atoms with Gasteiger partial charge in [-0.1, -0.05) is 26.2 Å². The minimum atomic E-state index is -0.580. The van der Waals surface area contributed by atoms with Gasteiger partial charge in [0.25, 0.3) is 0 Å². The molecule has 0 heterocycles. The van der Waals surface area contributed by atoms with Gasteiger partial charge in [0.15, 0.2) is 0 Å². The first-order chi connectivity index (χ1) is 4.41. The first kappa shape index (κ1) is 13.6. The molecule has 0 rings (SSSR count). The van der Waals surface area contributed by atoms with Crippen molar-refractivity contribution < 1.29 is 40.1 Å². The summed E-state index contributed by atoms with van der Waals surface area (Å²) in [7, 11) is -0.580. The monoisotopic (exact) mass is 173 g/mol. The third-order valence-corrected chi connectivity index (χ3v) is 1.48. The van der Waals surface area contributed by atoms with Gasteiger partial charge in [0.2, 0.25) is 0 Å². The normalized spacial score (nSPS) is 9.30. The van der Waals surface area contributed by atoms with E-state index >= 15 is 0 Å².